The molecule has 0 atom stereocenters. The molecule has 18 heavy (non-hydrogen) atoms. The number of anilines is 2. The van der Waals surface area contributed by atoms with Crippen LogP contribution in [0, 0.1) is 6.92 Å². The first-order valence-electron chi connectivity index (χ1n) is 5.50. The summed E-state index contributed by atoms with van der Waals surface area (Å²) >= 11 is 5.99. The van der Waals surface area contributed by atoms with Gasteiger partial charge in [-0.25, -0.2) is 0 Å². The third kappa shape index (κ3) is 2.63. The van der Waals surface area contributed by atoms with Crippen molar-refractivity contribution in [3.05, 3.63) is 58.6 Å². The van der Waals surface area contributed by atoms with E-state index in [4.69, 9.17) is 17.3 Å². The van der Waals surface area contributed by atoms with Gasteiger partial charge in [0, 0.05) is 11.4 Å². The molecule has 0 spiro atoms. The maximum atomic E-state index is 12.1. The first-order valence-corrected chi connectivity index (χ1v) is 5.88. The SMILES string of the molecule is Cc1ccccc1NC(=O)c1ccc(N)cc1Cl. The lowest BCUT2D eigenvalue weighted by Gasteiger charge is -2.09. The van der Waals surface area contributed by atoms with Crippen LogP contribution in [0.3, 0.4) is 0 Å². The van der Waals surface area contributed by atoms with Gasteiger partial charge in [-0.3, -0.25) is 4.79 Å². The van der Waals surface area contributed by atoms with Crippen LogP contribution in [-0.2, 0) is 0 Å². The predicted octanol–water partition coefficient (Wildman–Crippen LogP) is 3.48. The van der Waals surface area contributed by atoms with E-state index < -0.39 is 0 Å². The Bertz CT molecular complexity index is 596. The summed E-state index contributed by atoms with van der Waals surface area (Å²) in [6.07, 6.45) is 0. The van der Waals surface area contributed by atoms with E-state index in [1.54, 1.807) is 18.2 Å². The van der Waals surface area contributed by atoms with Gasteiger partial charge in [0.1, 0.15) is 0 Å². The van der Waals surface area contributed by atoms with Crippen LogP contribution in [-0.4, -0.2) is 5.91 Å². The number of nitrogens with two attached hydrogens (primary N) is 1. The van der Waals surface area contributed by atoms with Gasteiger partial charge in [-0.2, -0.15) is 0 Å². The zero-order chi connectivity index (χ0) is 13.1. The van der Waals surface area contributed by atoms with Gasteiger partial charge in [-0.1, -0.05) is 29.8 Å². The second-order valence-electron chi connectivity index (χ2n) is 4.01. The summed E-state index contributed by atoms with van der Waals surface area (Å²) < 4.78 is 0. The average molecular weight is 261 g/mol. The highest BCUT2D eigenvalue weighted by atomic mass is 35.5. The van der Waals surface area contributed by atoms with E-state index >= 15 is 0 Å². The summed E-state index contributed by atoms with van der Waals surface area (Å²) in [4.78, 5) is 12.1. The van der Waals surface area contributed by atoms with Crippen LogP contribution in [0.5, 0.6) is 0 Å². The number of para-hydroxylation sites is 1. The van der Waals surface area contributed by atoms with Gasteiger partial charge in [0.05, 0.1) is 10.6 Å². The number of hydrogen-bond acceptors (Lipinski definition) is 2. The van der Waals surface area contributed by atoms with Crippen LogP contribution in [0.15, 0.2) is 42.5 Å². The Morgan fingerprint density at radius 3 is 2.61 bits per heavy atom. The van der Waals surface area contributed by atoms with E-state index in [2.05, 4.69) is 5.32 Å². The van der Waals surface area contributed by atoms with Gasteiger partial charge in [-0.15, -0.1) is 0 Å². The molecule has 2 aromatic carbocycles. The lowest BCUT2D eigenvalue weighted by atomic mass is 10.1. The molecule has 0 saturated heterocycles. The van der Waals surface area contributed by atoms with Crippen molar-refractivity contribution < 1.29 is 4.79 Å². The minimum Gasteiger partial charge on any atom is -0.399 e. The van der Waals surface area contributed by atoms with Crippen molar-refractivity contribution in [3.8, 4) is 0 Å². The summed E-state index contributed by atoms with van der Waals surface area (Å²) in [6, 6.07) is 12.4. The van der Waals surface area contributed by atoms with E-state index in [1.807, 2.05) is 31.2 Å². The predicted molar refractivity (Wildman–Crippen MR) is 75.0 cm³/mol. The Morgan fingerprint density at radius 1 is 1.22 bits per heavy atom. The summed E-state index contributed by atoms with van der Waals surface area (Å²) in [5, 5.41) is 3.17. The van der Waals surface area contributed by atoms with Crippen LogP contribution in [0.25, 0.3) is 0 Å². The monoisotopic (exact) mass is 260 g/mol. The van der Waals surface area contributed by atoms with Crippen LogP contribution in [0.4, 0.5) is 11.4 Å². The molecule has 4 heteroatoms. The number of amides is 1. The van der Waals surface area contributed by atoms with E-state index in [1.165, 1.54) is 0 Å². The summed E-state index contributed by atoms with van der Waals surface area (Å²) in [6.45, 7) is 1.93. The highest BCUT2D eigenvalue weighted by Gasteiger charge is 2.11. The van der Waals surface area contributed by atoms with Crippen molar-refractivity contribution in [3.63, 3.8) is 0 Å². The molecule has 3 N–H and O–H groups in total. The standard InChI is InChI=1S/C14H13ClN2O/c1-9-4-2-3-5-13(9)17-14(18)11-7-6-10(16)8-12(11)15/h2-8H,16H2,1H3,(H,17,18). The van der Waals surface area contributed by atoms with Crippen molar-refractivity contribution in [2.24, 2.45) is 0 Å². The van der Waals surface area contributed by atoms with Crippen LogP contribution < -0.4 is 11.1 Å². The molecule has 2 aromatic rings. The summed E-state index contributed by atoms with van der Waals surface area (Å²) in [5.74, 6) is -0.241. The normalized spacial score (nSPS) is 10.1. The minimum atomic E-state index is -0.241. The lowest BCUT2D eigenvalue weighted by molar-refractivity contribution is 0.102. The smallest absolute Gasteiger partial charge is 0.257 e. The molecule has 0 fully saturated rings. The Labute approximate surface area is 111 Å². The number of halogens is 1. The number of benzene rings is 2. The molecule has 0 unspecified atom stereocenters. The molecule has 0 radical (unpaired) electrons. The van der Waals surface area contributed by atoms with Crippen molar-refractivity contribution >= 4 is 28.9 Å². The largest absolute Gasteiger partial charge is 0.399 e. The number of carbonyl (C=O) groups excluding carboxylic acids is 1. The first-order chi connectivity index (χ1) is 8.58. The molecule has 1 amide bonds. The molecular weight excluding hydrogens is 248 g/mol. The Hall–Kier alpha value is -2.00. The third-order valence-electron chi connectivity index (χ3n) is 2.63. The van der Waals surface area contributed by atoms with Crippen LogP contribution in [0.1, 0.15) is 15.9 Å². The maximum Gasteiger partial charge on any atom is 0.257 e. The number of nitrogens with one attached hydrogen (secondary N) is 1. The average Bonchev–Trinajstić information content (AvgIpc) is 2.32. The molecule has 0 aliphatic rings. The number of aryl methyl sites for hydroxylation is 1. The topological polar surface area (TPSA) is 55.1 Å². The molecule has 0 aliphatic carbocycles. The molecule has 0 aromatic heterocycles. The van der Waals surface area contributed by atoms with E-state index in [9.17, 15) is 4.79 Å². The zero-order valence-electron chi connectivity index (χ0n) is 9.91. The van der Waals surface area contributed by atoms with Gasteiger partial charge in [-0.05, 0) is 36.8 Å². The Kier molecular flexibility index (Phi) is 3.53. The number of nitrogen functional groups attached to an aromatic ring is 1. The van der Waals surface area contributed by atoms with Gasteiger partial charge < -0.3 is 11.1 Å². The molecule has 0 bridgehead atoms. The molecule has 0 saturated carbocycles. The fraction of sp³-hybridized carbons (Fsp3) is 0.0714. The second kappa shape index (κ2) is 5.10. The minimum absolute atomic E-state index is 0.241. The van der Waals surface area contributed by atoms with Crippen molar-refractivity contribution in [1.29, 1.82) is 0 Å². The van der Waals surface area contributed by atoms with Gasteiger partial charge in [0.25, 0.3) is 5.91 Å². The molecule has 0 aliphatic heterocycles. The van der Waals surface area contributed by atoms with E-state index in [0.717, 1.165) is 11.3 Å². The Balaban J connectivity index is 2.25. The van der Waals surface area contributed by atoms with E-state index in [-0.39, 0.29) is 5.91 Å². The fourth-order valence-electron chi connectivity index (χ4n) is 1.62. The van der Waals surface area contributed by atoms with Crippen molar-refractivity contribution in [2.45, 2.75) is 6.92 Å². The number of rotatable bonds is 2. The second-order valence-corrected chi connectivity index (χ2v) is 4.42. The van der Waals surface area contributed by atoms with Crippen molar-refractivity contribution in [2.75, 3.05) is 11.1 Å². The van der Waals surface area contributed by atoms with Gasteiger partial charge in [0.15, 0.2) is 0 Å². The molecule has 0 heterocycles. The Morgan fingerprint density at radius 2 is 1.94 bits per heavy atom. The highest BCUT2D eigenvalue weighted by Crippen LogP contribution is 2.21. The lowest BCUT2D eigenvalue weighted by Crippen LogP contribution is -2.13. The first kappa shape index (κ1) is 12.5. The summed E-state index contributed by atoms with van der Waals surface area (Å²) in [5.41, 5.74) is 8.31. The van der Waals surface area contributed by atoms with Gasteiger partial charge in [0.2, 0.25) is 0 Å². The maximum absolute atomic E-state index is 12.1. The molecule has 2 rings (SSSR count). The summed E-state index contributed by atoms with van der Waals surface area (Å²) in [7, 11) is 0. The van der Waals surface area contributed by atoms with Crippen molar-refractivity contribution in [1.82, 2.24) is 0 Å². The van der Waals surface area contributed by atoms with Gasteiger partial charge >= 0.3 is 0 Å². The highest BCUT2D eigenvalue weighted by molar-refractivity contribution is 6.34. The number of carbonyl (C=O) groups is 1. The van der Waals surface area contributed by atoms with E-state index in [0.29, 0.717) is 16.3 Å². The molecule has 3 nitrogen and oxygen atoms in total. The quantitative estimate of drug-likeness (QED) is 0.812. The van der Waals surface area contributed by atoms with Crippen LogP contribution in [0.2, 0.25) is 5.02 Å². The zero-order valence-corrected chi connectivity index (χ0v) is 10.7. The third-order valence-corrected chi connectivity index (χ3v) is 2.94. The molecular formula is C14H13ClN2O. The molecule has 92 valence electrons. The number of hydrogen-bond donors (Lipinski definition) is 2. The van der Waals surface area contributed by atoms with Crippen LogP contribution >= 0.6 is 11.6 Å². The fourth-order valence-corrected chi connectivity index (χ4v) is 1.89.